The van der Waals surface area contributed by atoms with E-state index in [0.29, 0.717) is 28.0 Å². The number of hydrogen-bond donors (Lipinski definition) is 0. The number of benzene rings is 4. The molecule has 0 bridgehead atoms. The standard InChI is InChI=1S/C34H31GeNO/c1-22-19-25(35(3,4)5)17-18-26(22)31-20-32(36-21-23(31)2)30-16-10-15-29-28-14-9-13-27(33(28)37-34(29)30)24-11-7-6-8-12-24/h6-21H,1-5H3/i1D3,2D3. The Morgan fingerprint density at radius 3 is 2.05 bits per heavy atom. The van der Waals surface area contributed by atoms with Crippen LogP contribution in [-0.4, -0.2) is 18.3 Å². The monoisotopic (exact) mass is 549 g/mol. The molecular formula is C34H31GeNO. The molecule has 0 N–H and O–H groups in total. The molecule has 2 heterocycles. The van der Waals surface area contributed by atoms with E-state index in [-0.39, 0.29) is 11.1 Å². The summed E-state index contributed by atoms with van der Waals surface area (Å²) in [6.45, 7) is -4.93. The number of nitrogens with zero attached hydrogens (tertiary/aromatic N) is 1. The summed E-state index contributed by atoms with van der Waals surface area (Å²) < 4.78 is 57.4. The van der Waals surface area contributed by atoms with Crippen LogP contribution >= 0.6 is 0 Å². The van der Waals surface area contributed by atoms with E-state index >= 15 is 0 Å². The first kappa shape index (κ1) is 17.8. The summed E-state index contributed by atoms with van der Waals surface area (Å²) >= 11 is -2.39. The Bertz CT molecular complexity index is 1990. The summed E-state index contributed by atoms with van der Waals surface area (Å²) in [6.07, 6.45) is 1.35. The Hall–Kier alpha value is -3.63. The molecule has 6 rings (SSSR count). The second-order valence-corrected chi connectivity index (χ2v) is 21.1. The van der Waals surface area contributed by atoms with Crippen molar-refractivity contribution < 1.29 is 12.6 Å². The van der Waals surface area contributed by atoms with Crippen LogP contribution in [0.15, 0.2) is 102 Å². The quantitative estimate of drug-likeness (QED) is 0.206. The fourth-order valence-corrected chi connectivity index (χ4v) is 7.37. The van der Waals surface area contributed by atoms with Gasteiger partial charge in [-0.3, -0.25) is 0 Å². The molecule has 0 saturated heterocycles. The van der Waals surface area contributed by atoms with E-state index in [1.165, 1.54) is 6.20 Å². The molecule has 182 valence electrons. The van der Waals surface area contributed by atoms with E-state index in [9.17, 15) is 0 Å². The van der Waals surface area contributed by atoms with Crippen LogP contribution in [0, 0.1) is 13.7 Å². The Morgan fingerprint density at radius 1 is 0.649 bits per heavy atom. The summed E-state index contributed by atoms with van der Waals surface area (Å²) in [5.74, 6) is 6.61. The minimum absolute atomic E-state index is 0.00920. The predicted molar refractivity (Wildman–Crippen MR) is 160 cm³/mol. The average molecular weight is 548 g/mol. The molecular weight excluding hydrogens is 511 g/mol. The number of rotatable bonds is 4. The van der Waals surface area contributed by atoms with Gasteiger partial charge >= 0.3 is 182 Å². The minimum atomic E-state index is -2.50. The molecule has 2 aromatic heterocycles. The number of furan rings is 1. The topological polar surface area (TPSA) is 26.0 Å². The zero-order chi connectivity index (χ0) is 30.7. The van der Waals surface area contributed by atoms with Gasteiger partial charge in [-0.2, -0.15) is 0 Å². The van der Waals surface area contributed by atoms with Crippen LogP contribution in [0.1, 0.15) is 19.4 Å². The summed E-state index contributed by atoms with van der Waals surface area (Å²) in [7, 11) is 0. The molecule has 6 aromatic rings. The zero-order valence-corrected chi connectivity index (χ0v) is 23.2. The molecule has 4 aromatic carbocycles. The number of aromatic nitrogens is 1. The first-order valence-corrected chi connectivity index (χ1v) is 19.7. The second-order valence-electron chi connectivity index (χ2n) is 10.5. The normalized spacial score (nSPS) is 15.0. The van der Waals surface area contributed by atoms with Crippen LogP contribution in [0.4, 0.5) is 0 Å². The van der Waals surface area contributed by atoms with E-state index in [4.69, 9.17) is 12.6 Å². The van der Waals surface area contributed by atoms with E-state index in [2.05, 4.69) is 22.3 Å². The van der Waals surface area contributed by atoms with Crippen molar-refractivity contribution in [3.8, 4) is 33.5 Å². The predicted octanol–water partition coefficient (Wildman–Crippen LogP) is 9.14. The molecule has 0 radical (unpaired) electrons. The number of pyridine rings is 1. The molecule has 0 fully saturated rings. The van der Waals surface area contributed by atoms with E-state index in [1.54, 1.807) is 18.2 Å². The maximum atomic E-state index is 8.35. The van der Waals surface area contributed by atoms with Crippen LogP contribution in [-0.2, 0) is 0 Å². The summed E-state index contributed by atoms with van der Waals surface area (Å²) in [6, 6.07) is 29.1. The van der Waals surface area contributed by atoms with E-state index in [1.807, 2.05) is 72.8 Å². The van der Waals surface area contributed by atoms with Crippen molar-refractivity contribution in [1.82, 2.24) is 4.98 Å². The van der Waals surface area contributed by atoms with Crippen molar-refractivity contribution >= 4 is 39.6 Å². The van der Waals surface area contributed by atoms with Gasteiger partial charge in [0.25, 0.3) is 0 Å². The SMILES string of the molecule is [2H]C([2H])([2H])c1cnc(-c2cccc3c2oc2c(-c4ccccc4)cccc23)cc1-c1cc[c]([Ge]([CH3])([CH3])[CH3])cc1C([2H])([2H])[2H]. The molecule has 0 saturated carbocycles. The van der Waals surface area contributed by atoms with E-state index < -0.39 is 27.0 Å². The summed E-state index contributed by atoms with van der Waals surface area (Å²) in [4.78, 5) is 4.60. The average Bonchev–Trinajstić information content (AvgIpc) is 3.35. The number of hydrogen-bond acceptors (Lipinski definition) is 2. The fraction of sp³-hybridized carbons (Fsp3) is 0.147. The summed E-state index contributed by atoms with van der Waals surface area (Å²) in [5.41, 5.74) is 5.48. The van der Waals surface area contributed by atoms with Crippen molar-refractivity contribution in [3.63, 3.8) is 0 Å². The molecule has 0 amide bonds. The van der Waals surface area contributed by atoms with Crippen molar-refractivity contribution in [2.75, 3.05) is 0 Å². The van der Waals surface area contributed by atoms with Gasteiger partial charge in [-0.05, 0) is 5.56 Å². The van der Waals surface area contributed by atoms with Gasteiger partial charge in [0.05, 0.1) is 0 Å². The number of para-hydroxylation sites is 2. The molecule has 0 aliphatic rings. The van der Waals surface area contributed by atoms with Crippen LogP contribution in [0.25, 0.3) is 55.4 Å². The van der Waals surface area contributed by atoms with Crippen molar-refractivity contribution in [1.29, 1.82) is 0 Å². The Morgan fingerprint density at radius 2 is 1.35 bits per heavy atom. The third kappa shape index (κ3) is 4.20. The van der Waals surface area contributed by atoms with Gasteiger partial charge < -0.3 is 0 Å². The first-order valence-electron chi connectivity index (χ1n) is 15.4. The third-order valence-electron chi connectivity index (χ3n) is 6.96. The van der Waals surface area contributed by atoms with Crippen molar-refractivity contribution in [3.05, 3.63) is 108 Å². The summed E-state index contributed by atoms with van der Waals surface area (Å²) in [5, 5.41) is 1.88. The van der Waals surface area contributed by atoms with Crippen LogP contribution in [0.5, 0.6) is 0 Å². The van der Waals surface area contributed by atoms with Crippen molar-refractivity contribution in [2.45, 2.75) is 31.0 Å². The third-order valence-corrected chi connectivity index (χ3v) is 11.3. The molecule has 0 spiro atoms. The molecule has 0 aliphatic heterocycles. The van der Waals surface area contributed by atoms with E-state index in [0.717, 1.165) is 31.9 Å². The van der Waals surface area contributed by atoms with Gasteiger partial charge in [-0.15, -0.1) is 0 Å². The molecule has 0 unspecified atom stereocenters. The molecule has 0 atom stereocenters. The maximum absolute atomic E-state index is 8.35. The van der Waals surface area contributed by atoms with Crippen LogP contribution in [0.3, 0.4) is 0 Å². The molecule has 37 heavy (non-hydrogen) atoms. The number of fused-ring (bicyclic) bond motifs is 3. The molecule has 0 aliphatic carbocycles. The van der Waals surface area contributed by atoms with Gasteiger partial charge in [0.2, 0.25) is 0 Å². The van der Waals surface area contributed by atoms with Gasteiger partial charge in [0, 0.05) is 0 Å². The second kappa shape index (κ2) is 9.04. The Kier molecular flexibility index (Phi) is 4.34. The Balaban J connectivity index is 1.61. The van der Waals surface area contributed by atoms with Crippen LogP contribution < -0.4 is 4.40 Å². The molecule has 2 nitrogen and oxygen atoms in total. The van der Waals surface area contributed by atoms with Crippen molar-refractivity contribution in [2.24, 2.45) is 0 Å². The molecule has 3 heteroatoms. The Labute approximate surface area is 229 Å². The van der Waals surface area contributed by atoms with Gasteiger partial charge in [0.1, 0.15) is 0 Å². The van der Waals surface area contributed by atoms with Gasteiger partial charge in [-0.1, -0.05) is 42.5 Å². The number of aryl methyl sites for hydroxylation is 2. The fourth-order valence-electron chi connectivity index (χ4n) is 4.94. The zero-order valence-electron chi connectivity index (χ0n) is 27.1. The van der Waals surface area contributed by atoms with Crippen LogP contribution in [0.2, 0.25) is 17.3 Å². The van der Waals surface area contributed by atoms with Gasteiger partial charge in [-0.25, -0.2) is 0 Å². The first-order chi connectivity index (χ1) is 20.2. The van der Waals surface area contributed by atoms with Gasteiger partial charge in [0.15, 0.2) is 0 Å².